The van der Waals surface area contributed by atoms with Crippen molar-refractivity contribution < 1.29 is 37.4 Å². The molecular formula is C24H26F4N2O4. The summed E-state index contributed by atoms with van der Waals surface area (Å²) in [5, 5.41) is 22.8. The van der Waals surface area contributed by atoms with Crippen molar-refractivity contribution >= 4 is 11.8 Å². The second kappa shape index (κ2) is 10.4. The third-order valence-corrected chi connectivity index (χ3v) is 6.11. The van der Waals surface area contributed by atoms with E-state index in [4.69, 9.17) is 0 Å². The third-order valence-electron chi connectivity index (χ3n) is 6.11. The number of piperidine rings is 1. The molecule has 1 saturated heterocycles. The van der Waals surface area contributed by atoms with Crippen LogP contribution in [0.3, 0.4) is 0 Å². The molecule has 0 aromatic heterocycles. The van der Waals surface area contributed by atoms with Gasteiger partial charge in [0, 0.05) is 24.7 Å². The molecule has 34 heavy (non-hydrogen) atoms. The van der Waals surface area contributed by atoms with Crippen molar-refractivity contribution in [3.8, 4) is 5.75 Å². The number of nitrogens with one attached hydrogen (secondary N) is 1. The summed E-state index contributed by atoms with van der Waals surface area (Å²) in [4.78, 5) is 27.2. The molecule has 2 atom stereocenters. The van der Waals surface area contributed by atoms with Crippen molar-refractivity contribution in [2.24, 2.45) is 11.8 Å². The minimum Gasteiger partial charge on any atom is -0.504 e. The molecule has 2 amide bonds. The van der Waals surface area contributed by atoms with Crippen LogP contribution >= 0.6 is 0 Å². The molecule has 1 aliphatic heterocycles. The number of carbonyl (C=O) groups is 2. The number of halogens is 4. The molecule has 0 saturated carbocycles. The monoisotopic (exact) mass is 482 g/mol. The van der Waals surface area contributed by atoms with Crippen LogP contribution in [0.15, 0.2) is 30.3 Å². The number of aromatic hydroxyl groups is 1. The van der Waals surface area contributed by atoms with E-state index in [-0.39, 0.29) is 30.5 Å². The quantitative estimate of drug-likeness (QED) is 0.548. The van der Waals surface area contributed by atoms with Gasteiger partial charge in [0.1, 0.15) is 17.7 Å². The summed E-state index contributed by atoms with van der Waals surface area (Å²) in [6.45, 7) is 3.86. The van der Waals surface area contributed by atoms with Crippen molar-refractivity contribution in [2.75, 3.05) is 13.1 Å². The average molecular weight is 482 g/mol. The highest BCUT2D eigenvalue weighted by Gasteiger charge is 2.34. The van der Waals surface area contributed by atoms with E-state index in [1.165, 1.54) is 11.0 Å². The molecule has 1 fully saturated rings. The Morgan fingerprint density at radius 2 is 1.68 bits per heavy atom. The van der Waals surface area contributed by atoms with Crippen LogP contribution in [-0.4, -0.2) is 46.1 Å². The smallest absolute Gasteiger partial charge is 0.255 e. The minimum atomic E-state index is -1.56. The summed E-state index contributed by atoms with van der Waals surface area (Å²) in [6.07, 6.45) is -0.450. The average Bonchev–Trinajstić information content (AvgIpc) is 2.80. The zero-order chi connectivity index (χ0) is 25.2. The van der Waals surface area contributed by atoms with E-state index in [9.17, 15) is 37.4 Å². The molecule has 0 spiro atoms. The molecule has 184 valence electrons. The predicted molar refractivity (Wildman–Crippen MR) is 115 cm³/mol. The first kappa shape index (κ1) is 25.5. The van der Waals surface area contributed by atoms with Crippen molar-refractivity contribution in [1.29, 1.82) is 0 Å². The van der Waals surface area contributed by atoms with Crippen LogP contribution in [0.5, 0.6) is 5.75 Å². The number of phenols is 1. The van der Waals surface area contributed by atoms with Gasteiger partial charge in [-0.2, -0.15) is 4.39 Å². The van der Waals surface area contributed by atoms with Gasteiger partial charge < -0.3 is 20.4 Å². The van der Waals surface area contributed by atoms with E-state index in [1.54, 1.807) is 13.8 Å². The molecule has 1 heterocycles. The van der Waals surface area contributed by atoms with Crippen LogP contribution in [0.1, 0.15) is 48.7 Å². The maximum atomic E-state index is 14.0. The van der Waals surface area contributed by atoms with E-state index in [1.807, 2.05) is 0 Å². The highest BCUT2D eigenvalue weighted by atomic mass is 19.2. The van der Waals surface area contributed by atoms with E-state index >= 15 is 0 Å². The van der Waals surface area contributed by atoms with E-state index in [0.717, 1.165) is 12.1 Å². The Kier molecular flexibility index (Phi) is 7.81. The normalized spacial score (nSPS) is 16.4. The highest BCUT2D eigenvalue weighted by molar-refractivity contribution is 5.99. The summed E-state index contributed by atoms with van der Waals surface area (Å²) in [6, 6.07) is 3.60. The Balaban J connectivity index is 1.66. The van der Waals surface area contributed by atoms with Crippen LogP contribution < -0.4 is 5.32 Å². The summed E-state index contributed by atoms with van der Waals surface area (Å²) < 4.78 is 54.0. The molecule has 3 N–H and O–H groups in total. The number of benzene rings is 2. The lowest BCUT2D eigenvalue weighted by molar-refractivity contribution is -0.136. The van der Waals surface area contributed by atoms with Gasteiger partial charge in [-0.15, -0.1) is 0 Å². The summed E-state index contributed by atoms with van der Waals surface area (Å²) in [5.41, 5.74) is -0.509. The number of hydrogen-bond donors (Lipinski definition) is 3. The fraction of sp³-hybridized carbons (Fsp3) is 0.417. The Bertz CT molecular complexity index is 1070. The number of amides is 2. The highest BCUT2D eigenvalue weighted by Crippen LogP contribution is 2.32. The Labute approximate surface area is 194 Å². The SMILES string of the molecule is CC(C)[C@H](NC(=O)c1ccc(F)c(F)c1O)C(=O)N1CCC(C(O)c2ccc(F)cc2F)CC1. The zero-order valence-corrected chi connectivity index (χ0v) is 18.7. The number of carbonyl (C=O) groups excluding carboxylic acids is 2. The fourth-order valence-electron chi connectivity index (χ4n) is 4.08. The van der Waals surface area contributed by atoms with Gasteiger partial charge in [-0.1, -0.05) is 19.9 Å². The molecule has 2 aromatic rings. The van der Waals surface area contributed by atoms with Crippen LogP contribution in [-0.2, 0) is 4.79 Å². The molecule has 3 rings (SSSR count). The second-order valence-electron chi connectivity index (χ2n) is 8.73. The van der Waals surface area contributed by atoms with Gasteiger partial charge in [-0.25, -0.2) is 13.2 Å². The minimum absolute atomic E-state index is 0.00941. The molecule has 0 bridgehead atoms. The van der Waals surface area contributed by atoms with Crippen molar-refractivity contribution in [1.82, 2.24) is 10.2 Å². The van der Waals surface area contributed by atoms with Gasteiger partial charge in [0.05, 0.1) is 11.7 Å². The fourth-order valence-corrected chi connectivity index (χ4v) is 4.08. The summed E-state index contributed by atoms with van der Waals surface area (Å²) >= 11 is 0. The van der Waals surface area contributed by atoms with Gasteiger partial charge in [0.25, 0.3) is 5.91 Å². The van der Waals surface area contributed by atoms with Gasteiger partial charge in [0.2, 0.25) is 11.7 Å². The second-order valence-corrected chi connectivity index (χ2v) is 8.73. The van der Waals surface area contributed by atoms with Crippen LogP contribution in [0.2, 0.25) is 0 Å². The van der Waals surface area contributed by atoms with Crippen LogP contribution in [0.25, 0.3) is 0 Å². The molecule has 0 aliphatic carbocycles. The van der Waals surface area contributed by atoms with E-state index in [2.05, 4.69) is 5.32 Å². The number of likely N-dealkylation sites (tertiary alicyclic amines) is 1. The molecule has 1 aliphatic rings. The number of phenolic OH excluding ortho intramolecular Hbond substituents is 1. The third kappa shape index (κ3) is 5.32. The van der Waals surface area contributed by atoms with Gasteiger partial charge >= 0.3 is 0 Å². The van der Waals surface area contributed by atoms with Crippen molar-refractivity contribution in [3.05, 3.63) is 64.7 Å². The first-order valence-electron chi connectivity index (χ1n) is 10.9. The van der Waals surface area contributed by atoms with Crippen LogP contribution in [0.4, 0.5) is 17.6 Å². The predicted octanol–water partition coefficient (Wildman–Crippen LogP) is 3.68. The number of aliphatic hydroxyl groups is 1. The standard InChI is InChI=1S/C24H26F4N2O4/c1-12(2)20(29-23(33)16-5-6-17(26)19(28)22(16)32)24(34)30-9-7-13(8-10-30)21(31)15-4-3-14(25)11-18(15)27/h3-6,11-13,20-21,31-32H,7-10H2,1-2H3,(H,29,33)/t20-,21?/m0/s1. The number of rotatable bonds is 6. The molecule has 1 unspecified atom stereocenters. The Morgan fingerprint density at radius 3 is 2.26 bits per heavy atom. The molecular weight excluding hydrogens is 456 g/mol. The number of aliphatic hydroxyl groups excluding tert-OH is 1. The van der Waals surface area contributed by atoms with Gasteiger partial charge in [0.15, 0.2) is 11.6 Å². The number of nitrogens with zero attached hydrogens (tertiary/aromatic N) is 1. The first-order chi connectivity index (χ1) is 16.0. The van der Waals surface area contributed by atoms with E-state index < -0.39 is 58.5 Å². The zero-order valence-electron chi connectivity index (χ0n) is 18.7. The van der Waals surface area contributed by atoms with Crippen molar-refractivity contribution in [3.63, 3.8) is 0 Å². The Morgan fingerprint density at radius 1 is 1.03 bits per heavy atom. The van der Waals surface area contributed by atoms with Gasteiger partial charge in [-0.05, 0) is 42.9 Å². The summed E-state index contributed by atoms with van der Waals surface area (Å²) in [5.74, 6) is -7.64. The molecule has 2 aromatic carbocycles. The largest absolute Gasteiger partial charge is 0.504 e. The number of hydrogen-bond acceptors (Lipinski definition) is 4. The topological polar surface area (TPSA) is 89.9 Å². The lowest BCUT2D eigenvalue weighted by Crippen LogP contribution is -2.53. The lowest BCUT2D eigenvalue weighted by atomic mass is 9.86. The molecule has 0 radical (unpaired) electrons. The Hall–Kier alpha value is -3.14. The van der Waals surface area contributed by atoms with Crippen molar-refractivity contribution in [2.45, 2.75) is 38.8 Å². The lowest BCUT2D eigenvalue weighted by Gasteiger charge is -2.37. The molecule has 6 nitrogen and oxygen atoms in total. The maximum Gasteiger partial charge on any atom is 0.255 e. The first-order valence-corrected chi connectivity index (χ1v) is 10.9. The maximum absolute atomic E-state index is 14.0. The van der Waals surface area contributed by atoms with E-state index in [0.29, 0.717) is 25.0 Å². The molecule has 10 heteroatoms. The van der Waals surface area contributed by atoms with Gasteiger partial charge in [-0.3, -0.25) is 9.59 Å². The van der Waals surface area contributed by atoms with Crippen LogP contribution in [0, 0.1) is 35.1 Å². The summed E-state index contributed by atoms with van der Waals surface area (Å²) in [7, 11) is 0.